The minimum absolute atomic E-state index is 0.0642. The molecule has 0 atom stereocenters. The molecule has 12 heteroatoms. The highest BCUT2D eigenvalue weighted by Crippen LogP contribution is 2.31. The van der Waals surface area contributed by atoms with Gasteiger partial charge in [0, 0.05) is 6.42 Å². The van der Waals surface area contributed by atoms with Crippen molar-refractivity contribution in [3.05, 3.63) is 59.7 Å². The molecule has 1 aliphatic carbocycles. The standard InChI is InChI=1S/C23H23N7O3S2/c31-18(11-15-7-3-1-4-8-15)24-20-26-28-22(34-20)30-13-17(14-30)33-23-29-27-21(35-23)25-19(32)12-16-9-5-2-6-10-16/h1-5,7-9,17H,6,10-14H2,(H,24,26,31)(H,25,27,32). The number of hydrogen-bond donors (Lipinski definition) is 2. The predicted octanol–water partition coefficient (Wildman–Crippen LogP) is 3.44. The van der Waals surface area contributed by atoms with Crippen LogP contribution in [0.1, 0.15) is 24.8 Å². The fraction of sp³-hybridized carbons (Fsp3) is 0.304. The van der Waals surface area contributed by atoms with E-state index >= 15 is 0 Å². The van der Waals surface area contributed by atoms with Crippen molar-refractivity contribution < 1.29 is 14.3 Å². The number of rotatable bonds is 9. The van der Waals surface area contributed by atoms with Gasteiger partial charge in [0.15, 0.2) is 0 Å². The maximum atomic E-state index is 12.2. The molecule has 5 rings (SSSR count). The van der Waals surface area contributed by atoms with Crippen molar-refractivity contribution in [3.63, 3.8) is 0 Å². The molecule has 2 N–H and O–H groups in total. The summed E-state index contributed by atoms with van der Waals surface area (Å²) in [5.74, 6) is -0.234. The van der Waals surface area contributed by atoms with Gasteiger partial charge < -0.3 is 20.3 Å². The third-order valence-corrected chi connectivity index (χ3v) is 7.02. The molecule has 3 aromatic rings. The fourth-order valence-electron chi connectivity index (χ4n) is 3.63. The molecule has 0 bridgehead atoms. The normalized spacial score (nSPS) is 15.3. The average molecular weight is 510 g/mol. The zero-order chi connectivity index (χ0) is 24.0. The van der Waals surface area contributed by atoms with E-state index in [2.05, 4.69) is 37.1 Å². The molecule has 2 aliphatic rings. The van der Waals surface area contributed by atoms with E-state index in [1.807, 2.05) is 47.4 Å². The van der Waals surface area contributed by atoms with Crippen LogP contribution in [-0.4, -0.2) is 51.4 Å². The van der Waals surface area contributed by atoms with Gasteiger partial charge in [-0.2, -0.15) is 0 Å². The first-order chi connectivity index (χ1) is 17.1. The van der Waals surface area contributed by atoms with E-state index in [1.165, 1.54) is 22.7 Å². The molecule has 35 heavy (non-hydrogen) atoms. The maximum Gasteiger partial charge on any atom is 0.296 e. The summed E-state index contributed by atoms with van der Waals surface area (Å²) in [4.78, 5) is 26.5. The molecular weight excluding hydrogens is 486 g/mol. The van der Waals surface area contributed by atoms with E-state index in [4.69, 9.17) is 4.74 Å². The zero-order valence-electron chi connectivity index (χ0n) is 18.7. The van der Waals surface area contributed by atoms with Gasteiger partial charge in [0.2, 0.25) is 27.2 Å². The summed E-state index contributed by atoms with van der Waals surface area (Å²) in [7, 11) is 0. The summed E-state index contributed by atoms with van der Waals surface area (Å²) < 4.78 is 5.87. The highest BCUT2D eigenvalue weighted by atomic mass is 32.1. The average Bonchev–Trinajstić information content (AvgIpc) is 3.46. The number of amides is 2. The molecule has 10 nitrogen and oxygen atoms in total. The Morgan fingerprint density at radius 3 is 2.49 bits per heavy atom. The second kappa shape index (κ2) is 10.7. The van der Waals surface area contributed by atoms with Crippen LogP contribution in [0.5, 0.6) is 5.19 Å². The SMILES string of the molecule is O=C(CC1=CC=CCC1)Nc1nnc(OC2CN(c3nnc(NC(=O)Cc4ccccc4)s3)C2)s1. The number of carbonyl (C=O) groups is 2. The van der Waals surface area contributed by atoms with Gasteiger partial charge in [-0.05, 0) is 29.7 Å². The molecular formula is C23H23N7O3S2. The van der Waals surface area contributed by atoms with Gasteiger partial charge in [-0.25, -0.2) is 0 Å². The summed E-state index contributed by atoms with van der Waals surface area (Å²) in [6.45, 7) is 1.24. The van der Waals surface area contributed by atoms with Crippen LogP contribution in [0.3, 0.4) is 0 Å². The largest absolute Gasteiger partial charge is 0.462 e. The molecule has 3 heterocycles. The zero-order valence-corrected chi connectivity index (χ0v) is 20.3. The smallest absolute Gasteiger partial charge is 0.296 e. The molecule has 1 aliphatic heterocycles. The molecule has 1 saturated heterocycles. The highest BCUT2D eigenvalue weighted by Gasteiger charge is 2.32. The lowest BCUT2D eigenvalue weighted by atomic mass is 10.0. The summed E-state index contributed by atoms with van der Waals surface area (Å²) >= 11 is 2.53. The second-order valence-electron chi connectivity index (χ2n) is 8.14. The lowest BCUT2D eigenvalue weighted by molar-refractivity contribution is -0.116. The monoisotopic (exact) mass is 509 g/mol. The van der Waals surface area contributed by atoms with Gasteiger partial charge >= 0.3 is 0 Å². The molecule has 2 amide bonds. The van der Waals surface area contributed by atoms with Crippen LogP contribution in [0.2, 0.25) is 0 Å². The number of aromatic nitrogens is 4. The highest BCUT2D eigenvalue weighted by molar-refractivity contribution is 7.19. The molecule has 0 unspecified atom stereocenters. The Labute approximate surface area is 209 Å². The van der Waals surface area contributed by atoms with E-state index < -0.39 is 0 Å². The van der Waals surface area contributed by atoms with Crippen LogP contribution < -0.4 is 20.3 Å². The van der Waals surface area contributed by atoms with Crippen LogP contribution in [0, 0.1) is 0 Å². The van der Waals surface area contributed by atoms with Gasteiger partial charge in [0.25, 0.3) is 5.19 Å². The molecule has 1 aromatic carbocycles. The van der Waals surface area contributed by atoms with Crippen molar-refractivity contribution in [2.24, 2.45) is 0 Å². The van der Waals surface area contributed by atoms with Crippen molar-refractivity contribution >= 4 is 49.9 Å². The molecule has 0 radical (unpaired) electrons. The van der Waals surface area contributed by atoms with Crippen molar-refractivity contribution in [1.29, 1.82) is 0 Å². The Morgan fingerprint density at radius 2 is 1.71 bits per heavy atom. The van der Waals surface area contributed by atoms with Crippen LogP contribution in [-0.2, 0) is 16.0 Å². The molecule has 0 saturated carbocycles. The van der Waals surface area contributed by atoms with Crippen molar-refractivity contribution in [3.8, 4) is 5.19 Å². The number of allylic oxidation sites excluding steroid dienone is 3. The maximum absolute atomic E-state index is 12.2. The van der Waals surface area contributed by atoms with Gasteiger partial charge in [0.05, 0.1) is 19.5 Å². The number of carbonyl (C=O) groups excluding carboxylic acids is 2. The van der Waals surface area contributed by atoms with E-state index in [-0.39, 0.29) is 24.3 Å². The minimum atomic E-state index is -0.129. The Hall–Kier alpha value is -3.64. The van der Waals surface area contributed by atoms with E-state index in [0.717, 1.165) is 29.1 Å². The molecule has 0 spiro atoms. The van der Waals surface area contributed by atoms with Crippen LogP contribution in [0.25, 0.3) is 0 Å². The van der Waals surface area contributed by atoms with Crippen LogP contribution in [0.15, 0.2) is 54.1 Å². The van der Waals surface area contributed by atoms with Crippen molar-refractivity contribution in [2.75, 3.05) is 28.6 Å². The fourth-order valence-corrected chi connectivity index (χ4v) is 5.08. The Bertz CT molecular complexity index is 1250. The summed E-state index contributed by atoms with van der Waals surface area (Å²) in [5, 5.41) is 23.9. The predicted molar refractivity (Wildman–Crippen MR) is 135 cm³/mol. The number of nitrogens with one attached hydrogen (secondary N) is 2. The number of nitrogens with zero attached hydrogens (tertiary/aromatic N) is 5. The van der Waals surface area contributed by atoms with E-state index in [0.29, 0.717) is 35.0 Å². The van der Waals surface area contributed by atoms with Gasteiger partial charge in [-0.15, -0.1) is 15.3 Å². The van der Waals surface area contributed by atoms with Crippen LogP contribution >= 0.6 is 22.7 Å². The first-order valence-electron chi connectivity index (χ1n) is 11.2. The number of ether oxygens (including phenoxy) is 1. The third kappa shape index (κ3) is 6.28. The Kier molecular flexibility index (Phi) is 7.09. The molecule has 180 valence electrons. The van der Waals surface area contributed by atoms with E-state index in [1.54, 1.807) is 0 Å². The number of benzene rings is 1. The van der Waals surface area contributed by atoms with Gasteiger partial charge in [-0.1, -0.05) is 70.6 Å². The number of anilines is 3. The van der Waals surface area contributed by atoms with E-state index in [9.17, 15) is 9.59 Å². The first-order valence-corrected chi connectivity index (χ1v) is 12.8. The second-order valence-corrected chi connectivity index (χ2v) is 10.0. The van der Waals surface area contributed by atoms with Gasteiger partial charge in [0.1, 0.15) is 6.10 Å². The lowest BCUT2D eigenvalue weighted by Gasteiger charge is -2.37. The third-order valence-electron chi connectivity index (χ3n) is 5.39. The number of hydrogen-bond acceptors (Lipinski definition) is 10. The van der Waals surface area contributed by atoms with Crippen molar-refractivity contribution in [2.45, 2.75) is 31.8 Å². The lowest BCUT2D eigenvalue weighted by Crippen LogP contribution is -2.54. The summed E-state index contributed by atoms with van der Waals surface area (Å²) in [6, 6.07) is 9.54. The molecule has 2 aromatic heterocycles. The van der Waals surface area contributed by atoms with Crippen LogP contribution in [0.4, 0.5) is 15.4 Å². The van der Waals surface area contributed by atoms with Crippen molar-refractivity contribution in [1.82, 2.24) is 20.4 Å². The first kappa shape index (κ1) is 23.1. The minimum Gasteiger partial charge on any atom is -0.462 e. The van der Waals surface area contributed by atoms with Gasteiger partial charge in [-0.3, -0.25) is 9.59 Å². The Balaban J connectivity index is 1.05. The quantitative estimate of drug-likeness (QED) is 0.450. The summed E-state index contributed by atoms with van der Waals surface area (Å²) in [6.07, 6.45) is 8.51. The molecule has 1 fully saturated rings. The topological polar surface area (TPSA) is 122 Å². The summed E-state index contributed by atoms with van der Waals surface area (Å²) in [5.41, 5.74) is 2.05. The Morgan fingerprint density at radius 1 is 0.971 bits per heavy atom.